The Balaban J connectivity index is 2.09. The normalized spacial score (nSPS) is 12.4. The number of benzene rings is 1. The molecule has 0 spiro atoms. The molecule has 1 atom stereocenters. The van der Waals surface area contributed by atoms with Crippen LogP contribution in [0.2, 0.25) is 0 Å². The smallest absolute Gasteiger partial charge is 0.242 e. The summed E-state index contributed by atoms with van der Waals surface area (Å²) in [4.78, 5) is 20.3. The molecule has 0 aliphatic heterocycles. The molecule has 1 aromatic carbocycles. The molecule has 23 heavy (non-hydrogen) atoms. The molecule has 1 N–H and O–H groups in total. The lowest BCUT2D eigenvalue weighted by atomic mass is 10.0. The number of likely N-dealkylation sites (N-methyl/N-ethyl adjacent to an activating group) is 1. The maximum atomic E-state index is 12.7. The summed E-state index contributed by atoms with van der Waals surface area (Å²) in [6.07, 6.45) is 0.934. The van der Waals surface area contributed by atoms with Gasteiger partial charge in [0.1, 0.15) is 6.04 Å². The maximum absolute atomic E-state index is 12.7. The van der Waals surface area contributed by atoms with E-state index in [1.807, 2.05) is 57.1 Å². The van der Waals surface area contributed by atoms with Crippen LogP contribution in [0.5, 0.6) is 0 Å². The van der Waals surface area contributed by atoms with Gasteiger partial charge in [0, 0.05) is 4.88 Å². The number of rotatable bonds is 6. The summed E-state index contributed by atoms with van der Waals surface area (Å²) in [6, 6.07) is 7.84. The minimum absolute atomic E-state index is 0.0182. The van der Waals surface area contributed by atoms with Crippen molar-refractivity contribution in [1.29, 1.82) is 0 Å². The average Bonchev–Trinajstić information content (AvgIpc) is 2.87. The number of aromatic nitrogens is 1. The Morgan fingerprint density at radius 1 is 1.26 bits per heavy atom. The largest absolute Gasteiger partial charge is 0.349 e. The number of hydrogen-bond donors (Lipinski definition) is 1. The van der Waals surface area contributed by atoms with E-state index < -0.39 is 0 Å². The molecule has 0 bridgehead atoms. The van der Waals surface area contributed by atoms with Crippen molar-refractivity contribution < 1.29 is 4.79 Å². The van der Waals surface area contributed by atoms with Gasteiger partial charge in [-0.15, -0.1) is 11.3 Å². The minimum Gasteiger partial charge on any atom is -0.349 e. The van der Waals surface area contributed by atoms with Gasteiger partial charge in [-0.25, -0.2) is 4.98 Å². The highest BCUT2D eigenvalue weighted by molar-refractivity contribution is 7.11. The Kier molecular flexibility index (Phi) is 5.91. The van der Waals surface area contributed by atoms with Crippen LogP contribution < -0.4 is 5.32 Å². The molecule has 0 saturated carbocycles. The summed E-state index contributed by atoms with van der Waals surface area (Å²) in [7, 11) is 3.86. The predicted molar refractivity (Wildman–Crippen MR) is 95.7 cm³/mol. The molecule has 4 nitrogen and oxygen atoms in total. The first kappa shape index (κ1) is 17.6. The van der Waals surface area contributed by atoms with Crippen LogP contribution in [0.3, 0.4) is 0 Å². The quantitative estimate of drug-likeness (QED) is 0.884. The molecule has 1 heterocycles. The highest BCUT2D eigenvalue weighted by Crippen LogP contribution is 2.21. The first-order valence-corrected chi connectivity index (χ1v) is 8.70. The van der Waals surface area contributed by atoms with Gasteiger partial charge in [-0.2, -0.15) is 0 Å². The van der Waals surface area contributed by atoms with Crippen LogP contribution in [-0.4, -0.2) is 29.9 Å². The van der Waals surface area contributed by atoms with Crippen LogP contribution in [0.15, 0.2) is 24.3 Å². The Hall–Kier alpha value is -1.72. The second-order valence-electron chi connectivity index (χ2n) is 5.96. The molecule has 0 fully saturated rings. The average molecular weight is 331 g/mol. The molecule has 0 unspecified atom stereocenters. The fourth-order valence-electron chi connectivity index (χ4n) is 2.50. The summed E-state index contributed by atoms with van der Waals surface area (Å²) in [5, 5.41) is 4.18. The third kappa shape index (κ3) is 4.39. The van der Waals surface area contributed by atoms with E-state index in [0.717, 1.165) is 27.6 Å². The van der Waals surface area contributed by atoms with Gasteiger partial charge in [0.25, 0.3) is 0 Å². The van der Waals surface area contributed by atoms with Gasteiger partial charge >= 0.3 is 0 Å². The summed E-state index contributed by atoms with van der Waals surface area (Å²) >= 11 is 1.68. The molecular weight excluding hydrogens is 306 g/mol. The first-order chi connectivity index (χ1) is 10.9. The monoisotopic (exact) mass is 331 g/mol. The van der Waals surface area contributed by atoms with Crippen molar-refractivity contribution in [2.24, 2.45) is 0 Å². The van der Waals surface area contributed by atoms with Crippen molar-refractivity contribution >= 4 is 17.2 Å². The number of amides is 1. The van der Waals surface area contributed by atoms with E-state index in [9.17, 15) is 4.79 Å². The zero-order chi connectivity index (χ0) is 17.0. The van der Waals surface area contributed by atoms with Gasteiger partial charge < -0.3 is 5.32 Å². The maximum Gasteiger partial charge on any atom is 0.242 e. The highest BCUT2D eigenvalue weighted by atomic mass is 32.1. The van der Waals surface area contributed by atoms with Gasteiger partial charge in [0.2, 0.25) is 5.91 Å². The Morgan fingerprint density at radius 3 is 2.43 bits per heavy atom. The van der Waals surface area contributed by atoms with E-state index in [2.05, 4.69) is 17.2 Å². The molecule has 0 aliphatic carbocycles. The third-order valence-corrected chi connectivity index (χ3v) is 5.12. The summed E-state index contributed by atoms with van der Waals surface area (Å²) in [5.74, 6) is 0.0182. The number of nitrogens with zero attached hydrogens (tertiary/aromatic N) is 2. The molecule has 2 aromatic rings. The number of carbonyl (C=O) groups is 1. The predicted octanol–water partition coefficient (Wildman–Crippen LogP) is 3.24. The number of thiazole rings is 1. The SMILES string of the molecule is CCc1nc(C)c(CNC(=O)[C@@H](c2ccc(C)cc2)N(C)C)s1. The molecule has 1 aromatic heterocycles. The van der Waals surface area contributed by atoms with E-state index in [1.54, 1.807) is 11.3 Å². The van der Waals surface area contributed by atoms with Gasteiger partial charge in [0.15, 0.2) is 0 Å². The Labute approximate surface area is 142 Å². The van der Waals surface area contributed by atoms with Crippen molar-refractivity contribution in [2.45, 2.75) is 39.8 Å². The number of aryl methyl sites for hydroxylation is 3. The molecule has 0 saturated heterocycles. The standard InChI is InChI=1S/C18H25N3OS/c1-6-16-20-13(3)15(23-16)11-19-18(22)17(21(4)5)14-9-7-12(2)8-10-14/h7-10,17H,6,11H2,1-5H3,(H,19,22)/t17-/m1/s1. The lowest BCUT2D eigenvalue weighted by Crippen LogP contribution is -2.36. The fourth-order valence-corrected chi connectivity index (χ4v) is 3.45. The van der Waals surface area contributed by atoms with Crippen LogP contribution in [0.1, 0.15) is 39.7 Å². The van der Waals surface area contributed by atoms with Crippen molar-refractivity contribution in [2.75, 3.05) is 14.1 Å². The summed E-state index contributed by atoms with van der Waals surface area (Å²) < 4.78 is 0. The lowest BCUT2D eigenvalue weighted by Gasteiger charge is -2.24. The second-order valence-corrected chi connectivity index (χ2v) is 7.13. The van der Waals surface area contributed by atoms with E-state index in [4.69, 9.17) is 0 Å². The zero-order valence-electron chi connectivity index (χ0n) is 14.5. The van der Waals surface area contributed by atoms with Crippen molar-refractivity contribution in [3.8, 4) is 0 Å². The summed E-state index contributed by atoms with van der Waals surface area (Å²) in [5.41, 5.74) is 3.22. The number of carbonyl (C=O) groups excluding carboxylic acids is 1. The molecule has 124 valence electrons. The van der Waals surface area contributed by atoms with Gasteiger partial charge in [-0.1, -0.05) is 36.8 Å². The van der Waals surface area contributed by atoms with Crippen LogP contribution in [0.4, 0.5) is 0 Å². The van der Waals surface area contributed by atoms with Crippen molar-refractivity contribution in [3.05, 3.63) is 51.0 Å². The number of hydrogen-bond acceptors (Lipinski definition) is 4. The van der Waals surface area contributed by atoms with Crippen LogP contribution in [0, 0.1) is 13.8 Å². The molecule has 0 aliphatic rings. The first-order valence-electron chi connectivity index (χ1n) is 7.88. The molecule has 1 amide bonds. The lowest BCUT2D eigenvalue weighted by molar-refractivity contribution is -0.125. The molecule has 0 radical (unpaired) electrons. The minimum atomic E-state index is -0.283. The summed E-state index contributed by atoms with van der Waals surface area (Å²) in [6.45, 7) is 6.69. The van der Waals surface area contributed by atoms with Crippen LogP contribution >= 0.6 is 11.3 Å². The topological polar surface area (TPSA) is 45.2 Å². The Morgan fingerprint density at radius 2 is 1.91 bits per heavy atom. The van der Waals surface area contributed by atoms with Gasteiger partial charge in [-0.3, -0.25) is 9.69 Å². The van der Waals surface area contributed by atoms with Crippen LogP contribution in [-0.2, 0) is 17.8 Å². The van der Waals surface area contributed by atoms with E-state index in [0.29, 0.717) is 6.54 Å². The zero-order valence-corrected chi connectivity index (χ0v) is 15.3. The highest BCUT2D eigenvalue weighted by Gasteiger charge is 2.23. The van der Waals surface area contributed by atoms with Crippen molar-refractivity contribution in [1.82, 2.24) is 15.2 Å². The molecule has 2 rings (SSSR count). The van der Waals surface area contributed by atoms with Crippen molar-refractivity contribution in [3.63, 3.8) is 0 Å². The van der Waals surface area contributed by atoms with Gasteiger partial charge in [0.05, 0.1) is 17.2 Å². The number of nitrogens with one attached hydrogen (secondary N) is 1. The van der Waals surface area contributed by atoms with Gasteiger partial charge in [-0.05, 0) is 39.9 Å². The van der Waals surface area contributed by atoms with E-state index >= 15 is 0 Å². The molecular formula is C18H25N3OS. The van der Waals surface area contributed by atoms with Crippen LogP contribution in [0.25, 0.3) is 0 Å². The van der Waals surface area contributed by atoms with E-state index in [1.165, 1.54) is 5.56 Å². The van der Waals surface area contributed by atoms with E-state index in [-0.39, 0.29) is 11.9 Å². The fraction of sp³-hybridized carbons (Fsp3) is 0.444. The Bertz CT molecular complexity index is 661. The molecule has 5 heteroatoms. The third-order valence-electron chi connectivity index (χ3n) is 3.82. The second kappa shape index (κ2) is 7.70.